The molecule has 0 bridgehead atoms. The predicted octanol–water partition coefficient (Wildman–Crippen LogP) is 1.39. The quantitative estimate of drug-likeness (QED) is 0.668. The van der Waals surface area contributed by atoms with E-state index in [-0.39, 0.29) is 30.6 Å². The molecule has 152 valence electrons. The van der Waals surface area contributed by atoms with E-state index in [4.69, 9.17) is 9.47 Å². The van der Waals surface area contributed by atoms with Crippen LogP contribution in [0.5, 0.6) is 0 Å². The summed E-state index contributed by atoms with van der Waals surface area (Å²) in [4.78, 5) is 50.8. The van der Waals surface area contributed by atoms with Crippen LogP contribution in [-0.4, -0.2) is 55.0 Å². The highest BCUT2D eigenvalue weighted by Gasteiger charge is 2.39. The SMILES string of the molecule is COC(=O)[C@@H](NC(=O)C1=C(C)N([C@H](C(=O)OC)C(C)C)C(=O)CC1)C(C)C. The van der Waals surface area contributed by atoms with E-state index in [0.29, 0.717) is 11.3 Å². The molecule has 2 amide bonds. The van der Waals surface area contributed by atoms with Crippen molar-refractivity contribution in [3.05, 3.63) is 11.3 Å². The Morgan fingerprint density at radius 3 is 1.96 bits per heavy atom. The first-order valence-corrected chi connectivity index (χ1v) is 9.05. The number of esters is 2. The van der Waals surface area contributed by atoms with Gasteiger partial charge in [-0.2, -0.15) is 0 Å². The number of nitrogens with one attached hydrogen (secondary N) is 1. The van der Waals surface area contributed by atoms with Gasteiger partial charge in [0.15, 0.2) is 0 Å². The Labute approximate surface area is 160 Å². The molecule has 1 aliphatic heterocycles. The molecule has 0 saturated carbocycles. The molecule has 0 fully saturated rings. The second-order valence-corrected chi connectivity index (χ2v) is 7.26. The number of amides is 2. The summed E-state index contributed by atoms with van der Waals surface area (Å²) in [7, 11) is 2.53. The van der Waals surface area contributed by atoms with E-state index in [1.165, 1.54) is 19.1 Å². The Balaban J connectivity index is 3.23. The van der Waals surface area contributed by atoms with Crippen LogP contribution in [0.3, 0.4) is 0 Å². The lowest BCUT2D eigenvalue weighted by molar-refractivity contribution is -0.153. The summed E-state index contributed by atoms with van der Waals surface area (Å²) in [6.45, 7) is 8.84. The number of methoxy groups -OCH3 is 2. The lowest BCUT2D eigenvalue weighted by Gasteiger charge is -2.37. The standard InChI is InChI=1S/C19H30N2O6/c1-10(2)15(18(24)26-6)20-17(23)13-8-9-14(22)21(12(13)5)16(11(3)4)19(25)27-7/h10-11,15-16H,8-9H2,1-7H3,(H,20,23)/t15-,16-/m0/s1. The van der Waals surface area contributed by atoms with E-state index >= 15 is 0 Å². The van der Waals surface area contributed by atoms with Crippen molar-refractivity contribution < 1.29 is 28.7 Å². The maximum Gasteiger partial charge on any atom is 0.329 e. The molecule has 1 N–H and O–H groups in total. The normalized spacial score (nSPS) is 17.1. The van der Waals surface area contributed by atoms with Crippen LogP contribution >= 0.6 is 0 Å². The van der Waals surface area contributed by atoms with Crippen LogP contribution in [0.15, 0.2) is 11.3 Å². The molecule has 1 heterocycles. The topological polar surface area (TPSA) is 102 Å². The molecular formula is C19H30N2O6. The molecule has 2 atom stereocenters. The summed E-state index contributed by atoms with van der Waals surface area (Å²) in [5, 5.41) is 2.69. The van der Waals surface area contributed by atoms with Crippen molar-refractivity contribution in [2.24, 2.45) is 11.8 Å². The Morgan fingerprint density at radius 1 is 0.963 bits per heavy atom. The number of rotatable bonds is 7. The number of nitrogens with zero attached hydrogens (tertiary/aromatic N) is 1. The molecule has 0 aromatic carbocycles. The fourth-order valence-electron chi connectivity index (χ4n) is 3.16. The van der Waals surface area contributed by atoms with E-state index < -0.39 is 29.9 Å². The third-order valence-corrected chi connectivity index (χ3v) is 4.69. The van der Waals surface area contributed by atoms with Gasteiger partial charge in [0.05, 0.1) is 14.2 Å². The predicted molar refractivity (Wildman–Crippen MR) is 98.2 cm³/mol. The molecule has 0 aliphatic carbocycles. The van der Waals surface area contributed by atoms with E-state index in [0.717, 1.165) is 0 Å². The number of ether oxygens (including phenoxy) is 2. The monoisotopic (exact) mass is 382 g/mol. The van der Waals surface area contributed by atoms with Crippen LogP contribution in [0, 0.1) is 11.8 Å². The summed E-state index contributed by atoms with van der Waals surface area (Å²) < 4.78 is 9.59. The average Bonchev–Trinajstić information content (AvgIpc) is 2.60. The minimum atomic E-state index is -0.813. The van der Waals surface area contributed by atoms with Gasteiger partial charge in [-0.3, -0.25) is 9.59 Å². The third-order valence-electron chi connectivity index (χ3n) is 4.69. The molecule has 27 heavy (non-hydrogen) atoms. The Morgan fingerprint density at radius 2 is 1.52 bits per heavy atom. The van der Waals surface area contributed by atoms with Crippen molar-refractivity contribution in [3.8, 4) is 0 Å². The van der Waals surface area contributed by atoms with Crippen molar-refractivity contribution in [1.82, 2.24) is 10.2 Å². The Hall–Kier alpha value is -2.38. The van der Waals surface area contributed by atoms with Gasteiger partial charge in [-0.15, -0.1) is 0 Å². The molecule has 8 nitrogen and oxygen atoms in total. The largest absolute Gasteiger partial charge is 0.467 e. The van der Waals surface area contributed by atoms with Gasteiger partial charge < -0.3 is 19.7 Å². The van der Waals surface area contributed by atoms with Gasteiger partial charge in [0.1, 0.15) is 12.1 Å². The molecule has 8 heteroatoms. The Kier molecular flexibility index (Phi) is 7.99. The lowest BCUT2D eigenvalue weighted by atomic mass is 9.94. The first-order chi connectivity index (χ1) is 12.6. The summed E-state index contributed by atoms with van der Waals surface area (Å²) in [6.07, 6.45) is 0.343. The minimum Gasteiger partial charge on any atom is -0.467 e. The minimum absolute atomic E-state index is 0.102. The second kappa shape index (κ2) is 9.53. The number of carbonyl (C=O) groups excluding carboxylic acids is 4. The number of allylic oxidation sites excluding steroid dienone is 1. The number of hydrogen-bond acceptors (Lipinski definition) is 6. The molecule has 0 unspecified atom stereocenters. The molecule has 1 rings (SSSR count). The molecular weight excluding hydrogens is 352 g/mol. The smallest absolute Gasteiger partial charge is 0.329 e. The van der Waals surface area contributed by atoms with E-state index in [9.17, 15) is 19.2 Å². The fourth-order valence-corrected chi connectivity index (χ4v) is 3.16. The Bertz CT molecular complexity index is 638. The van der Waals surface area contributed by atoms with Gasteiger partial charge in [0.2, 0.25) is 11.8 Å². The van der Waals surface area contributed by atoms with Crippen LogP contribution in [0.4, 0.5) is 0 Å². The van der Waals surface area contributed by atoms with Crippen molar-refractivity contribution in [2.45, 2.75) is 59.5 Å². The highest BCUT2D eigenvalue weighted by atomic mass is 16.5. The zero-order valence-electron chi connectivity index (χ0n) is 17.1. The highest BCUT2D eigenvalue weighted by Crippen LogP contribution is 2.28. The van der Waals surface area contributed by atoms with Crippen LogP contribution < -0.4 is 5.32 Å². The lowest BCUT2D eigenvalue weighted by Crippen LogP contribution is -2.51. The molecule has 0 radical (unpaired) electrons. The zero-order chi connectivity index (χ0) is 20.9. The maximum atomic E-state index is 12.8. The summed E-state index contributed by atoms with van der Waals surface area (Å²) in [5.41, 5.74) is 0.777. The van der Waals surface area contributed by atoms with Gasteiger partial charge in [-0.05, 0) is 25.2 Å². The third kappa shape index (κ3) is 5.08. The molecule has 0 saturated heterocycles. The van der Waals surface area contributed by atoms with Crippen molar-refractivity contribution in [2.75, 3.05) is 14.2 Å². The number of carbonyl (C=O) groups is 4. The van der Waals surface area contributed by atoms with Crippen LogP contribution in [-0.2, 0) is 28.7 Å². The summed E-state index contributed by atoms with van der Waals surface area (Å²) in [5.74, 6) is -2.11. The molecule has 0 spiro atoms. The van der Waals surface area contributed by atoms with E-state index in [2.05, 4.69) is 5.32 Å². The van der Waals surface area contributed by atoms with Crippen molar-refractivity contribution in [1.29, 1.82) is 0 Å². The first-order valence-electron chi connectivity index (χ1n) is 9.05. The number of hydrogen-bond donors (Lipinski definition) is 1. The first kappa shape index (κ1) is 22.7. The van der Waals surface area contributed by atoms with Crippen LogP contribution in [0.2, 0.25) is 0 Å². The van der Waals surface area contributed by atoms with Gasteiger partial charge in [-0.25, -0.2) is 9.59 Å². The van der Waals surface area contributed by atoms with Crippen LogP contribution in [0.1, 0.15) is 47.5 Å². The maximum absolute atomic E-state index is 12.8. The second-order valence-electron chi connectivity index (χ2n) is 7.26. The average molecular weight is 382 g/mol. The highest BCUT2D eigenvalue weighted by molar-refractivity contribution is 5.99. The molecule has 0 aromatic heterocycles. The fraction of sp³-hybridized carbons (Fsp3) is 0.684. The van der Waals surface area contributed by atoms with Gasteiger partial charge in [0.25, 0.3) is 0 Å². The molecule has 1 aliphatic rings. The zero-order valence-corrected chi connectivity index (χ0v) is 17.1. The van der Waals surface area contributed by atoms with Gasteiger partial charge >= 0.3 is 11.9 Å². The molecule has 0 aromatic rings. The van der Waals surface area contributed by atoms with Crippen molar-refractivity contribution >= 4 is 23.8 Å². The van der Waals surface area contributed by atoms with Crippen LogP contribution in [0.25, 0.3) is 0 Å². The summed E-state index contributed by atoms with van der Waals surface area (Å²) >= 11 is 0. The summed E-state index contributed by atoms with van der Waals surface area (Å²) in [6, 6.07) is -1.61. The van der Waals surface area contributed by atoms with Crippen molar-refractivity contribution in [3.63, 3.8) is 0 Å². The van der Waals surface area contributed by atoms with E-state index in [1.807, 2.05) is 13.8 Å². The van der Waals surface area contributed by atoms with Gasteiger partial charge in [0, 0.05) is 17.7 Å². The van der Waals surface area contributed by atoms with E-state index in [1.54, 1.807) is 20.8 Å². The van der Waals surface area contributed by atoms with Gasteiger partial charge in [-0.1, -0.05) is 27.7 Å².